The molecule has 0 saturated carbocycles. The van der Waals surface area contributed by atoms with E-state index < -0.39 is 11.9 Å². The van der Waals surface area contributed by atoms with Crippen LogP contribution in [-0.4, -0.2) is 22.1 Å². The number of carbonyl (C=O) groups excluding carboxylic acids is 1. The van der Waals surface area contributed by atoms with Crippen LogP contribution in [0.5, 0.6) is 5.75 Å². The zero-order chi connectivity index (χ0) is 15.6. The third-order valence-corrected chi connectivity index (χ3v) is 3.84. The second-order valence-electron chi connectivity index (χ2n) is 4.12. The second-order valence-corrected chi connectivity index (χ2v) is 5.89. The lowest BCUT2D eigenvalue weighted by molar-refractivity contribution is 0.0695. The fraction of sp³-hybridized carbons (Fsp3) is 0. The van der Waals surface area contributed by atoms with Gasteiger partial charge in [-0.3, -0.25) is 4.79 Å². The quantitative estimate of drug-likeness (QED) is 0.711. The van der Waals surface area contributed by atoms with Crippen molar-refractivity contribution in [3.63, 3.8) is 0 Å². The van der Waals surface area contributed by atoms with Crippen LogP contribution in [0.15, 0.2) is 45.3 Å². The molecule has 0 aliphatic heterocycles. The molecule has 0 spiro atoms. The minimum atomic E-state index is -1.11. The first-order valence-corrected chi connectivity index (χ1v) is 7.30. The van der Waals surface area contributed by atoms with E-state index in [1.807, 2.05) is 0 Å². The number of amides is 1. The maximum absolute atomic E-state index is 12.1. The fourth-order valence-electron chi connectivity index (χ4n) is 1.66. The van der Waals surface area contributed by atoms with Crippen LogP contribution in [0.1, 0.15) is 20.7 Å². The van der Waals surface area contributed by atoms with Crippen molar-refractivity contribution in [2.24, 2.45) is 0 Å². The number of carboxylic acid groups (broad SMARTS) is 1. The molecule has 0 aliphatic carbocycles. The predicted molar refractivity (Wildman–Crippen MR) is 84.9 cm³/mol. The Hall–Kier alpha value is -1.86. The van der Waals surface area contributed by atoms with Gasteiger partial charge in [-0.05, 0) is 52.3 Å². The number of carbonyl (C=O) groups is 2. The number of aromatic hydroxyl groups is 1. The summed E-state index contributed by atoms with van der Waals surface area (Å²) in [5.74, 6) is -1.81. The van der Waals surface area contributed by atoms with Crippen LogP contribution in [0.25, 0.3) is 0 Å². The number of halogens is 2. The van der Waals surface area contributed by atoms with E-state index >= 15 is 0 Å². The Bertz CT molecular complexity index is 731. The van der Waals surface area contributed by atoms with E-state index in [0.717, 1.165) is 0 Å². The highest BCUT2D eigenvalue weighted by Crippen LogP contribution is 2.25. The molecule has 0 unspecified atom stereocenters. The lowest BCUT2D eigenvalue weighted by Gasteiger charge is -2.08. The SMILES string of the molecule is O=C(Nc1ccc(Br)c(C(=O)O)c1)c1ccc(Br)cc1O. The minimum absolute atomic E-state index is 0.0350. The van der Waals surface area contributed by atoms with Crippen LogP contribution in [0.3, 0.4) is 0 Å². The molecule has 2 aromatic rings. The Kier molecular flexibility index (Phi) is 4.64. The Morgan fingerprint density at radius 3 is 2.33 bits per heavy atom. The van der Waals surface area contributed by atoms with Crippen LogP contribution < -0.4 is 5.32 Å². The summed E-state index contributed by atoms with van der Waals surface area (Å²) in [6.45, 7) is 0. The highest BCUT2D eigenvalue weighted by Gasteiger charge is 2.14. The molecule has 0 aliphatic rings. The lowest BCUT2D eigenvalue weighted by atomic mass is 10.1. The Balaban J connectivity index is 2.27. The summed E-state index contributed by atoms with van der Waals surface area (Å²) in [7, 11) is 0. The van der Waals surface area contributed by atoms with Gasteiger partial charge in [-0.2, -0.15) is 0 Å². The number of anilines is 1. The van der Waals surface area contributed by atoms with Crippen molar-refractivity contribution < 1.29 is 19.8 Å². The summed E-state index contributed by atoms with van der Waals surface area (Å²) in [6, 6.07) is 8.91. The number of nitrogens with one attached hydrogen (secondary N) is 1. The van der Waals surface area contributed by atoms with Crippen molar-refractivity contribution in [3.05, 3.63) is 56.5 Å². The number of phenols is 1. The molecule has 108 valence electrons. The zero-order valence-corrected chi connectivity index (χ0v) is 13.6. The van der Waals surface area contributed by atoms with Gasteiger partial charge in [0.1, 0.15) is 5.75 Å². The van der Waals surface area contributed by atoms with Crippen LogP contribution in [0.2, 0.25) is 0 Å². The molecule has 21 heavy (non-hydrogen) atoms. The number of phenolic OH excluding ortho intramolecular Hbond substituents is 1. The van der Waals surface area contributed by atoms with E-state index in [4.69, 9.17) is 5.11 Å². The monoisotopic (exact) mass is 413 g/mol. The second kappa shape index (κ2) is 6.28. The number of aromatic carboxylic acids is 1. The molecule has 0 bridgehead atoms. The van der Waals surface area contributed by atoms with Gasteiger partial charge in [0.25, 0.3) is 5.91 Å². The van der Waals surface area contributed by atoms with Crippen molar-refractivity contribution in [1.82, 2.24) is 0 Å². The van der Waals surface area contributed by atoms with Gasteiger partial charge in [0.05, 0.1) is 11.1 Å². The smallest absolute Gasteiger partial charge is 0.336 e. The van der Waals surface area contributed by atoms with Crippen molar-refractivity contribution in [2.45, 2.75) is 0 Å². The van der Waals surface area contributed by atoms with E-state index in [-0.39, 0.29) is 16.9 Å². The highest BCUT2D eigenvalue weighted by atomic mass is 79.9. The van der Waals surface area contributed by atoms with Gasteiger partial charge in [0, 0.05) is 14.6 Å². The lowest BCUT2D eigenvalue weighted by Crippen LogP contribution is -2.12. The van der Waals surface area contributed by atoms with Gasteiger partial charge in [-0.1, -0.05) is 15.9 Å². The van der Waals surface area contributed by atoms with Crippen molar-refractivity contribution in [2.75, 3.05) is 5.32 Å². The van der Waals surface area contributed by atoms with E-state index in [1.165, 1.54) is 24.3 Å². The van der Waals surface area contributed by atoms with Gasteiger partial charge in [-0.25, -0.2) is 4.79 Å². The van der Waals surface area contributed by atoms with Gasteiger partial charge >= 0.3 is 5.97 Å². The van der Waals surface area contributed by atoms with Crippen LogP contribution in [0, 0.1) is 0 Å². The maximum Gasteiger partial charge on any atom is 0.336 e. The number of rotatable bonds is 3. The van der Waals surface area contributed by atoms with Crippen molar-refractivity contribution in [3.8, 4) is 5.75 Å². The topological polar surface area (TPSA) is 86.6 Å². The molecule has 5 nitrogen and oxygen atoms in total. The van der Waals surface area contributed by atoms with Crippen LogP contribution >= 0.6 is 31.9 Å². The molecule has 0 fully saturated rings. The molecule has 2 rings (SSSR count). The molecule has 3 N–H and O–H groups in total. The molecular formula is C14H9Br2NO4. The standard InChI is InChI=1S/C14H9Br2NO4/c15-7-1-3-9(12(18)5-7)13(19)17-8-2-4-11(16)10(6-8)14(20)21/h1-6,18H,(H,17,19)(H,20,21). The number of carboxylic acids is 1. The summed E-state index contributed by atoms with van der Waals surface area (Å²) in [6.07, 6.45) is 0. The summed E-state index contributed by atoms with van der Waals surface area (Å²) in [4.78, 5) is 23.1. The average molecular weight is 415 g/mol. The Labute approximate surface area is 136 Å². The van der Waals surface area contributed by atoms with Crippen LogP contribution in [0.4, 0.5) is 5.69 Å². The summed E-state index contributed by atoms with van der Waals surface area (Å²) in [5.41, 5.74) is 0.453. The molecule has 0 saturated heterocycles. The number of benzene rings is 2. The Morgan fingerprint density at radius 2 is 1.71 bits per heavy atom. The van der Waals surface area contributed by atoms with Crippen molar-refractivity contribution in [1.29, 1.82) is 0 Å². The van der Waals surface area contributed by atoms with E-state index in [9.17, 15) is 14.7 Å². The van der Waals surface area contributed by atoms with Gasteiger partial charge in [0.15, 0.2) is 0 Å². The molecule has 0 radical (unpaired) electrons. The summed E-state index contributed by atoms with van der Waals surface area (Å²) < 4.78 is 1.06. The zero-order valence-electron chi connectivity index (χ0n) is 10.4. The first kappa shape index (κ1) is 15.5. The average Bonchev–Trinajstić information content (AvgIpc) is 2.40. The number of hydrogen-bond donors (Lipinski definition) is 3. The maximum atomic E-state index is 12.1. The van der Waals surface area contributed by atoms with E-state index in [2.05, 4.69) is 37.2 Å². The molecule has 7 heteroatoms. The van der Waals surface area contributed by atoms with Gasteiger partial charge in [0.2, 0.25) is 0 Å². The van der Waals surface area contributed by atoms with Gasteiger partial charge in [-0.15, -0.1) is 0 Å². The number of hydrogen-bond acceptors (Lipinski definition) is 3. The fourth-order valence-corrected chi connectivity index (χ4v) is 2.43. The Morgan fingerprint density at radius 1 is 1.00 bits per heavy atom. The molecule has 1 amide bonds. The van der Waals surface area contributed by atoms with Gasteiger partial charge < -0.3 is 15.5 Å². The normalized spacial score (nSPS) is 10.2. The molecule has 2 aromatic carbocycles. The summed E-state index contributed by atoms with van der Waals surface area (Å²) in [5, 5.41) is 21.3. The minimum Gasteiger partial charge on any atom is -0.507 e. The van der Waals surface area contributed by atoms with E-state index in [0.29, 0.717) is 14.6 Å². The molecule has 0 aromatic heterocycles. The predicted octanol–water partition coefficient (Wildman–Crippen LogP) is 3.87. The molecule has 0 heterocycles. The largest absolute Gasteiger partial charge is 0.507 e. The van der Waals surface area contributed by atoms with Crippen LogP contribution in [-0.2, 0) is 0 Å². The van der Waals surface area contributed by atoms with Crippen molar-refractivity contribution >= 4 is 49.4 Å². The van der Waals surface area contributed by atoms with E-state index in [1.54, 1.807) is 12.1 Å². The third-order valence-electron chi connectivity index (χ3n) is 2.66. The molecule has 0 atom stereocenters. The third kappa shape index (κ3) is 3.62. The summed E-state index contributed by atoms with van der Waals surface area (Å²) >= 11 is 6.31. The molecular weight excluding hydrogens is 406 g/mol. The highest BCUT2D eigenvalue weighted by molar-refractivity contribution is 9.10. The first-order valence-electron chi connectivity index (χ1n) is 5.71. The first-order chi connectivity index (χ1) is 9.88.